The molecule has 136 valence electrons. The van der Waals surface area contributed by atoms with Gasteiger partial charge in [0.1, 0.15) is 17.3 Å². The lowest BCUT2D eigenvalue weighted by Gasteiger charge is -2.24. The van der Waals surface area contributed by atoms with Crippen LogP contribution in [0.2, 0.25) is 0 Å². The van der Waals surface area contributed by atoms with Gasteiger partial charge in [-0.2, -0.15) is 0 Å². The van der Waals surface area contributed by atoms with Gasteiger partial charge in [-0.25, -0.2) is 4.79 Å². The molecule has 1 atom stereocenters. The van der Waals surface area contributed by atoms with Crippen LogP contribution in [0.4, 0.5) is 0 Å². The van der Waals surface area contributed by atoms with Crippen molar-refractivity contribution >= 4 is 11.0 Å². The number of fused-ring (bicyclic) bond motifs is 3. The maximum Gasteiger partial charge on any atom is 0.344 e. The highest BCUT2D eigenvalue weighted by molar-refractivity contribution is 5.85. The Labute approximate surface area is 152 Å². The van der Waals surface area contributed by atoms with Gasteiger partial charge in [0.15, 0.2) is 5.75 Å². The summed E-state index contributed by atoms with van der Waals surface area (Å²) in [6, 6.07) is 13.4. The van der Waals surface area contributed by atoms with Gasteiger partial charge in [0.25, 0.3) is 5.88 Å². The van der Waals surface area contributed by atoms with Crippen LogP contribution in [0.1, 0.15) is 17.0 Å². The van der Waals surface area contributed by atoms with E-state index in [0.29, 0.717) is 22.3 Å². The zero-order valence-electron chi connectivity index (χ0n) is 14.2. The first-order chi connectivity index (χ1) is 13.0. The number of nitrogens with two attached hydrogens (primary N) is 1. The molecular weight excluding hydrogens is 352 g/mol. The summed E-state index contributed by atoms with van der Waals surface area (Å²) >= 11 is 0. The van der Waals surface area contributed by atoms with Crippen LogP contribution in [0.5, 0.6) is 11.5 Å². The average molecular weight is 366 g/mol. The second-order valence-electron chi connectivity index (χ2n) is 5.95. The zero-order chi connectivity index (χ0) is 19.1. The summed E-state index contributed by atoms with van der Waals surface area (Å²) in [6.07, 6.45) is 0. The van der Waals surface area contributed by atoms with E-state index in [0.717, 1.165) is 0 Å². The first-order valence-electron chi connectivity index (χ1n) is 8.03. The Morgan fingerprint density at radius 3 is 2.70 bits per heavy atom. The number of hydrogen-bond donors (Lipinski definition) is 1. The molecule has 8 nitrogen and oxygen atoms in total. The predicted octanol–water partition coefficient (Wildman–Crippen LogP) is 2.73. The van der Waals surface area contributed by atoms with Crippen molar-refractivity contribution in [3.63, 3.8) is 0 Å². The minimum Gasteiger partial charge on any atom is -0.497 e. The summed E-state index contributed by atoms with van der Waals surface area (Å²) in [7, 11) is 1.48. The summed E-state index contributed by atoms with van der Waals surface area (Å²) in [5, 5.41) is 12.2. The van der Waals surface area contributed by atoms with Crippen LogP contribution in [0.25, 0.3) is 11.0 Å². The first-order valence-corrected chi connectivity index (χ1v) is 8.03. The highest BCUT2D eigenvalue weighted by Crippen LogP contribution is 2.44. The summed E-state index contributed by atoms with van der Waals surface area (Å²) in [5.41, 5.74) is 5.56. The molecule has 0 bridgehead atoms. The van der Waals surface area contributed by atoms with Crippen LogP contribution < -0.4 is 20.8 Å². The maximum absolute atomic E-state index is 12.7. The predicted molar refractivity (Wildman–Crippen MR) is 96.2 cm³/mol. The number of rotatable bonds is 3. The molecule has 2 aromatic carbocycles. The summed E-state index contributed by atoms with van der Waals surface area (Å²) in [5.74, 6) is -0.763. The van der Waals surface area contributed by atoms with Gasteiger partial charge in [0.2, 0.25) is 0 Å². The molecule has 0 aliphatic carbocycles. The highest BCUT2D eigenvalue weighted by Gasteiger charge is 2.42. The fourth-order valence-electron chi connectivity index (χ4n) is 3.28. The number of nitro groups is 1. The third-order valence-corrected chi connectivity index (χ3v) is 4.45. The molecule has 1 aliphatic heterocycles. The molecule has 1 aliphatic rings. The van der Waals surface area contributed by atoms with Crippen LogP contribution in [-0.2, 0) is 0 Å². The van der Waals surface area contributed by atoms with E-state index in [1.165, 1.54) is 7.11 Å². The van der Waals surface area contributed by atoms with Gasteiger partial charge in [-0.3, -0.25) is 10.1 Å². The Morgan fingerprint density at radius 2 is 1.96 bits per heavy atom. The Hall–Kier alpha value is -3.81. The molecule has 2 N–H and O–H groups in total. The van der Waals surface area contributed by atoms with Gasteiger partial charge in [-0.1, -0.05) is 24.3 Å². The van der Waals surface area contributed by atoms with E-state index < -0.39 is 22.2 Å². The van der Waals surface area contributed by atoms with Gasteiger partial charge in [-0.15, -0.1) is 0 Å². The van der Waals surface area contributed by atoms with Crippen molar-refractivity contribution in [2.75, 3.05) is 7.11 Å². The molecule has 0 amide bonds. The molecule has 0 fully saturated rings. The van der Waals surface area contributed by atoms with Gasteiger partial charge in [0.05, 0.1) is 23.0 Å². The third-order valence-electron chi connectivity index (χ3n) is 4.45. The Balaban J connectivity index is 2.08. The van der Waals surface area contributed by atoms with E-state index in [9.17, 15) is 14.9 Å². The standard InChI is InChI=1S/C19H14N2O6/c1-25-11-6-4-5-10(9-11)14-15-17(27-18(20)16(14)21(23)24)12-7-2-3-8-13(12)26-19(15)22/h2-9,14H,20H2,1H3/t14-/m1/s1. The van der Waals surface area contributed by atoms with Gasteiger partial charge >= 0.3 is 11.3 Å². The quantitative estimate of drug-likeness (QED) is 0.430. The van der Waals surface area contributed by atoms with Crippen LogP contribution in [-0.4, -0.2) is 12.0 Å². The van der Waals surface area contributed by atoms with Crippen molar-refractivity contribution in [3.8, 4) is 11.5 Å². The van der Waals surface area contributed by atoms with Gasteiger partial charge < -0.3 is 19.6 Å². The van der Waals surface area contributed by atoms with Gasteiger partial charge in [0, 0.05) is 0 Å². The number of methoxy groups -OCH3 is 1. The van der Waals surface area contributed by atoms with Crippen LogP contribution in [0.3, 0.4) is 0 Å². The third kappa shape index (κ3) is 2.58. The molecule has 2 heterocycles. The number of hydrogen-bond acceptors (Lipinski definition) is 7. The Kier molecular flexibility index (Phi) is 3.80. The van der Waals surface area contributed by atoms with Crippen molar-refractivity contribution in [2.45, 2.75) is 5.92 Å². The van der Waals surface area contributed by atoms with Crippen LogP contribution in [0, 0.1) is 10.1 Å². The van der Waals surface area contributed by atoms with Gasteiger partial charge in [-0.05, 0) is 29.8 Å². The lowest BCUT2D eigenvalue weighted by molar-refractivity contribution is -0.432. The number of para-hydroxylation sites is 1. The number of benzene rings is 2. The van der Waals surface area contributed by atoms with Crippen molar-refractivity contribution < 1.29 is 18.8 Å². The van der Waals surface area contributed by atoms with E-state index in [2.05, 4.69) is 0 Å². The first kappa shape index (κ1) is 16.6. The molecule has 0 spiro atoms. The van der Waals surface area contributed by atoms with Crippen molar-refractivity contribution in [1.82, 2.24) is 0 Å². The normalized spacial score (nSPS) is 16.0. The second kappa shape index (κ2) is 6.17. The number of allylic oxidation sites excluding steroid dienone is 1. The molecule has 1 aromatic heterocycles. The summed E-state index contributed by atoms with van der Waals surface area (Å²) < 4.78 is 16.1. The largest absolute Gasteiger partial charge is 0.497 e. The summed E-state index contributed by atoms with van der Waals surface area (Å²) in [6.45, 7) is 0. The average Bonchev–Trinajstić information content (AvgIpc) is 2.66. The SMILES string of the molecule is COc1cccc([C@H]2C([N+](=O)[O-])=C(N)Oc3c2c(=O)oc2ccccc32)c1. The molecule has 8 heteroatoms. The maximum atomic E-state index is 12.7. The lowest BCUT2D eigenvalue weighted by Crippen LogP contribution is -2.29. The van der Waals surface area contributed by atoms with E-state index in [1.807, 2.05) is 0 Å². The topological polar surface area (TPSA) is 118 Å². The van der Waals surface area contributed by atoms with E-state index >= 15 is 0 Å². The minimum atomic E-state index is -1.06. The fraction of sp³-hybridized carbons (Fsp3) is 0.105. The molecule has 0 saturated heterocycles. The molecule has 0 unspecified atom stereocenters. The second-order valence-corrected chi connectivity index (χ2v) is 5.95. The Bertz CT molecular complexity index is 1160. The number of nitrogens with zero attached hydrogens (tertiary/aromatic N) is 1. The number of ether oxygens (including phenoxy) is 2. The molecule has 0 radical (unpaired) electrons. The Morgan fingerprint density at radius 1 is 1.19 bits per heavy atom. The van der Waals surface area contributed by atoms with E-state index in [1.54, 1.807) is 48.5 Å². The smallest absolute Gasteiger partial charge is 0.344 e. The zero-order valence-corrected chi connectivity index (χ0v) is 14.2. The van der Waals surface area contributed by atoms with Crippen molar-refractivity contribution in [2.24, 2.45) is 5.73 Å². The van der Waals surface area contributed by atoms with Crippen LogP contribution >= 0.6 is 0 Å². The molecule has 27 heavy (non-hydrogen) atoms. The van der Waals surface area contributed by atoms with Crippen molar-refractivity contribution in [1.29, 1.82) is 0 Å². The van der Waals surface area contributed by atoms with E-state index in [4.69, 9.17) is 19.6 Å². The highest BCUT2D eigenvalue weighted by atomic mass is 16.6. The molecule has 3 aromatic rings. The minimum absolute atomic E-state index is 0.0304. The van der Waals surface area contributed by atoms with Crippen LogP contribution in [0.15, 0.2) is 69.3 Å². The lowest BCUT2D eigenvalue weighted by atomic mass is 9.87. The van der Waals surface area contributed by atoms with Crippen molar-refractivity contribution in [3.05, 3.63) is 91.8 Å². The fourth-order valence-corrected chi connectivity index (χ4v) is 3.28. The molecular formula is C19H14N2O6. The molecule has 0 saturated carbocycles. The molecule has 4 rings (SSSR count). The summed E-state index contributed by atoms with van der Waals surface area (Å²) in [4.78, 5) is 23.8. The monoisotopic (exact) mass is 366 g/mol. The van der Waals surface area contributed by atoms with E-state index in [-0.39, 0.29) is 17.2 Å².